The Morgan fingerprint density at radius 1 is 1.00 bits per heavy atom. The number of aryl methyl sites for hydroxylation is 2. The molecule has 0 spiro atoms. The molecule has 0 unspecified atom stereocenters. The Kier molecular flexibility index (Phi) is 5.87. The molecule has 132 valence electrons. The molecule has 3 rings (SSSR count). The first kappa shape index (κ1) is 17.4. The predicted molar refractivity (Wildman–Crippen MR) is 95.0 cm³/mol. The van der Waals surface area contributed by atoms with Gasteiger partial charge in [-0.15, -0.1) is 0 Å². The van der Waals surface area contributed by atoms with Crippen LogP contribution in [-0.4, -0.2) is 79.6 Å². The molecule has 0 atom stereocenters. The first-order chi connectivity index (χ1) is 11.6. The van der Waals surface area contributed by atoms with Crippen LogP contribution in [0, 0.1) is 13.8 Å². The van der Waals surface area contributed by atoms with E-state index in [0.29, 0.717) is 19.8 Å². The van der Waals surface area contributed by atoms with Crippen molar-refractivity contribution in [3.8, 4) is 0 Å². The average molecular weight is 331 g/mol. The van der Waals surface area contributed by atoms with E-state index in [0.717, 1.165) is 45.8 Å². The Morgan fingerprint density at radius 3 is 2.38 bits per heavy atom. The lowest BCUT2D eigenvalue weighted by molar-refractivity contribution is -0.136. The van der Waals surface area contributed by atoms with Gasteiger partial charge in [-0.05, 0) is 25.0 Å². The second-order valence-electron chi connectivity index (χ2n) is 6.98. The first-order valence-corrected chi connectivity index (χ1v) is 8.98. The Labute approximate surface area is 145 Å². The van der Waals surface area contributed by atoms with Crippen molar-refractivity contribution < 1.29 is 9.53 Å². The molecule has 0 bridgehead atoms. The fourth-order valence-corrected chi connectivity index (χ4v) is 3.42. The van der Waals surface area contributed by atoms with E-state index in [1.165, 1.54) is 16.7 Å². The Morgan fingerprint density at radius 2 is 1.67 bits per heavy atom. The summed E-state index contributed by atoms with van der Waals surface area (Å²) in [4.78, 5) is 19.1. The highest BCUT2D eigenvalue weighted by atomic mass is 16.5. The number of benzene rings is 1. The first-order valence-electron chi connectivity index (χ1n) is 8.98. The molecule has 1 amide bonds. The lowest BCUT2D eigenvalue weighted by Crippen LogP contribution is -2.51. The minimum Gasteiger partial charge on any atom is -0.378 e. The number of carbonyl (C=O) groups excluding carboxylic acids is 1. The van der Waals surface area contributed by atoms with Crippen LogP contribution in [0.4, 0.5) is 0 Å². The smallest absolute Gasteiger partial charge is 0.236 e. The van der Waals surface area contributed by atoms with E-state index in [1.807, 2.05) is 4.90 Å². The van der Waals surface area contributed by atoms with Gasteiger partial charge in [0.1, 0.15) is 0 Å². The van der Waals surface area contributed by atoms with Gasteiger partial charge < -0.3 is 9.64 Å². The SMILES string of the molecule is Cc1ccc(C)c(CN2CCN(CC(=O)N3CCOCC3)CC2)c1. The minimum absolute atomic E-state index is 0.251. The van der Waals surface area contributed by atoms with Crippen LogP contribution < -0.4 is 0 Å². The summed E-state index contributed by atoms with van der Waals surface area (Å²) in [7, 11) is 0. The number of rotatable bonds is 4. The maximum atomic E-state index is 12.3. The van der Waals surface area contributed by atoms with Crippen LogP contribution in [0.25, 0.3) is 0 Å². The topological polar surface area (TPSA) is 36.0 Å². The quantitative estimate of drug-likeness (QED) is 0.833. The van der Waals surface area contributed by atoms with Crippen molar-refractivity contribution in [3.05, 3.63) is 34.9 Å². The van der Waals surface area contributed by atoms with Gasteiger partial charge in [0.2, 0.25) is 5.91 Å². The van der Waals surface area contributed by atoms with Crippen LogP contribution in [-0.2, 0) is 16.1 Å². The van der Waals surface area contributed by atoms with Gasteiger partial charge in [-0.25, -0.2) is 0 Å². The summed E-state index contributed by atoms with van der Waals surface area (Å²) in [5.74, 6) is 0.251. The molecular weight excluding hydrogens is 302 g/mol. The van der Waals surface area contributed by atoms with Gasteiger partial charge in [0.15, 0.2) is 0 Å². The van der Waals surface area contributed by atoms with Gasteiger partial charge in [0.25, 0.3) is 0 Å². The summed E-state index contributed by atoms with van der Waals surface area (Å²) in [6.45, 7) is 12.7. The minimum atomic E-state index is 0.251. The molecule has 1 aromatic carbocycles. The van der Waals surface area contributed by atoms with Crippen molar-refractivity contribution >= 4 is 5.91 Å². The predicted octanol–water partition coefficient (Wildman–Crippen LogP) is 1.28. The normalized spacial score (nSPS) is 20.3. The zero-order valence-electron chi connectivity index (χ0n) is 15.0. The molecule has 0 radical (unpaired) electrons. The number of nitrogens with zero attached hydrogens (tertiary/aromatic N) is 3. The molecule has 24 heavy (non-hydrogen) atoms. The van der Waals surface area contributed by atoms with E-state index in [1.54, 1.807) is 0 Å². The van der Waals surface area contributed by atoms with Crippen molar-refractivity contribution in [1.29, 1.82) is 0 Å². The molecule has 0 aromatic heterocycles. The molecule has 2 aliphatic rings. The van der Waals surface area contributed by atoms with Crippen LogP contribution in [0.2, 0.25) is 0 Å². The second-order valence-corrected chi connectivity index (χ2v) is 6.98. The van der Waals surface area contributed by atoms with E-state index < -0.39 is 0 Å². The van der Waals surface area contributed by atoms with E-state index in [9.17, 15) is 4.79 Å². The fraction of sp³-hybridized carbons (Fsp3) is 0.632. The van der Waals surface area contributed by atoms with Gasteiger partial charge in [-0.3, -0.25) is 14.6 Å². The number of ether oxygens (including phenoxy) is 1. The van der Waals surface area contributed by atoms with E-state index >= 15 is 0 Å². The number of carbonyl (C=O) groups is 1. The highest BCUT2D eigenvalue weighted by Crippen LogP contribution is 2.15. The molecule has 5 heteroatoms. The maximum Gasteiger partial charge on any atom is 0.236 e. The third kappa shape index (κ3) is 4.56. The largest absolute Gasteiger partial charge is 0.378 e. The molecule has 0 N–H and O–H groups in total. The highest BCUT2D eigenvalue weighted by molar-refractivity contribution is 5.78. The average Bonchev–Trinajstić information content (AvgIpc) is 2.60. The van der Waals surface area contributed by atoms with E-state index in [-0.39, 0.29) is 5.91 Å². The van der Waals surface area contributed by atoms with Gasteiger partial charge in [-0.1, -0.05) is 23.8 Å². The van der Waals surface area contributed by atoms with Crippen molar-refractivity contribution in [3.63, 3.8) is 0 Å². The maximum absolute atomic E-state index is 12.3. The third-order valence-electron chi connectivity index (χ3n) is 5.09. The molecule has 2 heterocycles. The molecule has 5 nitrogen and oxygen atoms in total. The second kappa shape index (κ2) is 8.10. The van der Waals surface area contributed by atoms with Crippen molar-refractivity contribution in [1.82, 2.24) is 14.7 Å². The van der Waals surface area contributed by atoms with Gasteiger partial charge >= 0.3 is 0 Å². The monoisotopic (exact) mass is 331 g/mol. The number of morpholine rings is 1. The summed E-state index contributed by atoms with van der Waals surface area (Å²) < 4.78 is 5.31. The summed E-state index contributed by atoms with van der Waals surface area (Å²) in [5.41, 5.74) is 4.11. The van der Waals surface area contributed by atoms with Crippen LogP contribution >= 0.6 is 0 Å². The number of hydrogen-bond acceptors (Lipinski definition) is 4. The van der Waals surface area contributed by atoms with Gasteiger partial charge in [-0.2, -0.15) is 0 Å². The summed E-state index contributed by atoms with van der Waals surface area (Å²) >= 11 is 0. The summed E-state index contributed by atoms with van der Waals surface area (Å²) in [6, 6.07) is 6.68. The molecule has 2 fully saturated rings. The lowest BCUT2D eigenvalue weighted by atomic mass is 10.0. The zero-order chi connectivity index (χ0) is 16.9. The lowest BCUT2D eigenvalue weighted by Gasteiger charge is -2.36. The third-order valence-corrected chi connectivity index (χ3v) is 5.09. The highest BCUT2D eigenvalue weighted by Gasteiger charge is 2.23. The summed E-state index contributed by atoms with van der Waals surface area (Å²) in [6.07, 6.45) is 0. The Hall–Kier alpha value is -1.43. The summed E-state index contributed by atoms with van der Waals surface area (Å²) in [5, 5.41) is 0. The Bertz CT molecular complexity index is 562. The number of amides is 1. The standard InChI is InChI=1S/C19H29N3O2/c1-16-3-4-17(2)18(13-16)14-20-5-7-21(8-6-20)15-19(23)22-9-11-24-12-10-22/h3-4,13H,5-12,14-15H2,1-2H3. The molecule has 0 saturated carbocycles. The molecule has 1 aromatic rings. The molecule has 2 saturated heterocycles. The van der Waals surface area contributed by atoms with Crippen molar-refractivity contribution in [2.45, 2.75) is 20.4 Å². The van der Waals surface area contributed by atoms with E-state index in [2.05, 4.69) is 41.8 Å². The van der Waals surface area contributed by atoms with Crippen LogP contribution in [0.15, 0.2) is 18.2 Å². The van der Waals surface area contributed by atoms with E-state index in [4.69, 9.17) is 4.74 Å². The van der Waals surface area contributed by atoms with Gasteiger partial charge in [0.05, 0.1) is 19.8 Å². The fourth-order valence-electron chi connectivity index (χ4n) is 3.42. The number of hydrogen-bond donors (Lipinski definition) is 0. The van der Waals surface area contributed by atoms with Crippen LogP contribution in [0.5, 0.6) is 0 Å². The van der Waals surface area contributed by atoms with Crippen LogP contribution in [0.3, 0.4) is 0 Å². The zero-order valence-corrected chi connectivity index (χ0v) is 15.0. The van der Waals surface area contributed by atoms with Gasteiger partial charge in [0, 0.05) is 45.8 Å². The van der Waals surface area contributed by atoms with Crippen LogP contribution in [0.1, 0.15) is 16.7 Å². The molecular formula is C19H29N3O2. The Balaban J connectivity index is 1.45. The molecule has 2 aliphatic heterocycles. The molecule has 0 aliphatic carbocycles. The van der Waals surface area contributed by atoms with Crippen molar-refractivity contribution in [2.24, 2.45) is 0 Å². The number of piperazine rings is 1. The van der Waals surface area contributed by atoms with Crippen molar-refractivity contribution in [2.75, 3.05) is 59.0 Å².